The third kappa shape index (κ3) is 1.39. The van der Waals surface area contributed by atoms with Gasteiger partial charge in [0.05, 0.1) is 16.6 Å². The van der Waals surface area contributed by atoms with Gasteiger partial charge in [0, 0.05) is 11.6 Å². The van der Waals surface area contributed by atoms with Gasteiger partial charge in [-0.2, -0.15) is 5.26 Å². The number of pyridine rings is 1. The van der Waals surface area contributed by atoms with E-state index in [-0.39, 0.29) is 16.8 Å². The number of nitrogens with zero attached hydrogens (tertiary/aromatic N) is 1. The van der Waals surface area contributed by atoms with Crippen molar-refractivity contribution in [2.45, 2.75) is 6.92 Å². The lowest BCUT2D eigenvalue weighted by Crippen LogP contribution is -2.13. The standard InChI is InChI=1S/C12H8N2O2/c1-7(15)10-6-14-11-8(5-13)3-2-4-9(11)12(10)16/h2-4,6H,1H3,(H,14,16). The minimum Gasteiger partial charge on any atom is -0.359 e. The first-order valence-electron chi connectivity index (χ1n) is 4.70. The van der Waals surface area contributed by atoms with Gasteiger partial charge in [-0.05, 0) is 19.1 Å². The summed E-state index contributed by atoms with van der Waals surface area (Å²) in [5.41, 5.74) is 0.644. The lowest BCUT2D eigenvalue weighted by molar-refractivity contribution is 0.101. The summed E-state index contributed by atoms with van der Waals surface area (Å²) in [6.07, 6.45) is 1.36. The molecule has 4 nitrogen and oxygen atoms in total. The summed E-state index contributed by atoms with van der Waals surface area (Å²) < 4.78 is 0. The van der Waals surface area contributed by atoms with Crippen molar-refractivity contribution >= 4 is 16.7 Å². The second-order valence-electron chi connectivity index (χ2n) is 3.43. The van der Waals surface area contributed by atoms with Crippen molar-refractivity contribution in [3.8, 4) is 6.07 Å². The van der Waals surface area contributed by atoms with Gasteiger partial charge in [0.15, 0.2) is 11.2 Å². The molecule has 1 heterocycles. The highest BCUT2D eigenvalue weighted by molar-refractivity contribution is 5.97. The molecule has 1 aromatic heterocycles. The first-order chi connectivity index (χ1) is 7.65. The molecule has 16 heavy (non-hydrogen) atoms. The molecule has 0 bridgehead atoms. The Bertz CT molecular complexity index is 677. The zero-order valence-corrected chi connectivity index (χ0v) is 8.57. The molecule has 78 valence electrons. The molecule has 0 saturated carbocycles. The number of fused-ring (bicyclic) bond motifs is 1. The number of hydrogen-bond acceptors (Lipinski definition) is 3. The Hall–Kier alpha value is -2.41. The number of Topliss-reactive ketones (excluding diaryl/α,β-unsaturated/α-hetero) is 1. The van der Waals surface area contributed by atoms with Crippen molar-refractivity contribution in [3.05, 3.63) is 45.7 Å². The van der Waals surface area contributed by atoms with Gasteiger partial charge in [0.1, 0.15) is 6.07 Å². The van der Waals surface area contributed by atoms with E-state index < -0.39 is 0 Å². The molecule has 0 spiro atoms. The maximum absolute atomic E-state index is 11.9. The number of H-pyrrole nitrogens is 1. The van der Waals surface area contributed by atoms with Crippen molar-refractivity contribution in [2.24, 2.45) is 0 Å². The van der Waals surface area contributed by atoms with E-state index in [2.05, 4.69) is 4.98 Å². The van der Waals surface area contributed by atoms with E-state index in [4.69, 9.17) is 5.26 Å². The zero-order valence-electron chi connectivity index (χ0n) is 8.57. The molecule has 0 amide bonds. The van der Waals surface area contributed by atoms with Crippen molar-refractivity contribution in [3.63, 3.8) is 0 Å². The predicted molar refractivity (Wildman–Crippen MR) is 59.3 cm³/mol. The largest absolute Gasteiger partial charge is 0.359 e. The van der Waals surface area contributed by atoms with Crippen molar-refractivity contribution in [1.29, 1.82) is 5.26 Å². The van der Waals surface area contributed by atoms with Gasteiger partial charge in [-0.15, -0.1) is 0 Å². The Balaban J connectivity index is 2.94. The smallest absolute Gasteiger partial charge is 0.200 e. The number of aromatic amines is 1. The summed E-state index contributed by atoms with van der Waals surface area (Å²) in [6, 6.07) is 6.83. The van der Waals surface area contributed by atoms with Crippen LogP contribution in [0.5, 0.6) is 0 Å². The summed E-state index contributed by atoms with van der Waals surface area (Å²) in [6.45, 7) is 1.34. The number of hydrogen-bond donors (Lipinski definition) is 1. The molecular weight excluding hydrogens is 204 g/mol. The SMILES string of the molecule is CC(=O)c1c[nH]c2c(C#N)cccc2c1=O. The third-order valence-electron chi connectivity index (χ3n) is 2.41. The van der Waals surface area contributed by atoms with Crippen LogP contribution in [0.2, 0.25) is 0 Å². The van der Waals surface area contributed by atoms with Crippen LogP contribution in [0.1, 0.15) is 22.8 Å². The highest BCUT2D eigenvalue weighted by atomic mass is 16.1. The summed E-state index contributed by atoms with van der Waals surface area (Å²) in [5.74, 6) is -0.287. The van der Waals surface area contributed by atoms with E-state index in [1.807, 2.05) is 6.07 Å². The number of nitriles is 1. The Morgan fingerprint density at radius 1 is 1.44 bits per heavy atom. The zero-order chi connectivity index (χ0) is 11.7. The van der Waals surface area contributed by atoms with E-state index >= 15 is 0 Å². The van der Waals surface area contributed by atoms with Crippen molar-refractivity contribution in [2.75, 3.05) is 0 Å². The van der Waals surface area contributed by atoms with Crippen LogP contribution in [0.15, 0.2) is 29.2 Å². The van der Waals surface area contributed by atoms with Gasteiger partial charge < -0.3 is 4.98 Å². The van der Waals surface area contributed by atoms with E-state index in [0.29, 0.717) is 16.5 Å². The second kappa shape index (κ2) is 3.63. The molecule has 1 aromatic carbocycles. The molecule has 2 aromatic rings. The lowest BCUT2D eigenvalue weighted by atomic mass is 10.1. The van der Waals surface area contributed by atoms with Crippen LogP contribution in [0.25, 0.3) is 10.9 Å². The molecule has 0 aliphatic carbocycles. The molecule has 0 aliphatic rings. The van der Waals surface area contributed by atoms with Crippen molar-refractivity contribution in [1.82, 2.24) is 4.98 Å². The van der Waals surface area contributed by atoms with Crippen LogP contribution in [0.3, 0.4) is 0 Å². The minimum absolute atomic E-state index is 0.114. The van der Waals surface area contributed by atoms with Crippen LogP contribution in [0.4, 0.5) is 0 Å². The molecule has 0 saturated heterocycles. The summed E-state index contributed by atoms with van der Waals surface area (Å²) in [4.78, 5) is 25.9. The fourth-order valence-electron chi connectivity index (χ4n) is 1.61. The van der Waals surface area contributed by atoms with Gasteiger partial charge >= 0.3 is 0 Å². The molecule has 4 heteroatoms. The van der Waals surface area contributed by atoms with Gasteiger partial charge in [-0.3, -0.25) is 9.59 Å². The average Bonchev–Trinajstić information content (AvgIpc) is 2.28. The van der Waals surface area contributed by atoms with E-state index in [1.54, 1.807) is 18.2 Å². The van der Waals surface area contributed by atoms with E-state index in [1.165, 1.54) is 13.1 Å². The number of carbonyl (C=O) groups is 1. The Morgan fingerprint density at radius 2 is 2.19 bits per heavy atom. The minimum atomic E-state index is -0.335. The third-order valence-corrected chi connectivity index (χ3v) is 2.41. The maximum atomic E-state index is 11.9. The Morgan fingerprint density at radius 3 is 2.81 bits per heavy atom. The summed E-state index contributed by atoms with van der Waals surface area (Å²) in [7, 11) is 0. The Kier molecular flexibility index (Phi) is 2.29. The molecular formula is C12H8N2O2. The molecule has 0 fully saturated rings. The van der Waals surface area contributed by atoms with Gasteiger partial charge in [0.25, 0.3) is 0 Å². The van der Waals surface area contributed by atoms with Crippen LogP contribution in [0, 0.1) is 11.3 Å². The Labute approximate surface area is 91.1 Å². The number of ketones is 1. The monoisotopic (exact) mass is 212 g/mol. The van der Waals surface area contributed by atoms with Crippen LogP contribution in [-0.4, -0.2) is 10.8 Å². The normalized spacial score (nSPS) is 10.0. The van der Waals surface area contributed by atoms with Gasteiger partial charge in [-0.25, -0.2) is 0 Å². The molecule has 2 rings (SSSR count). The molecule has 1 N–H and O–H groups in total. The second-order valence-corrected chi connectivity index (χ2v) is 3.43. The number of benzene rings is 1. The topological polar surface area (TPSA) is 73.7 Å². The van der Waals surface area contributed by atoms with Crippen molar-refractivity contribution < 1.29 is 4.79 Å². The number of rotatable bonds is 1. The predicted octanol–water partition coefficient (Wildman–Crippen LogP) is 1.60. The first kappa shape index (κ1) is 10.1. The number of nitrogens with one attached hydrogen (secondary N) is 1. The lowest BCUT2D eigenvalue weighted by Gasteiger charge is -2.01. The highest BCUT2D eigenvalue weighted by Crippen LogP contribution is 2.12. The van der Waals surface area contributed by atoms with E-state index in [0.717, 1.165) is 0 Å². The van der Waals surface area contributed by atoms with Gasteiger partial charge in [-0.1, -0.05) is 6.07 Å². The quantitative estimate of drug-likeness (QED) is 0.729. The van der Waals surface area contributed by atoms with Crippen LogP contribution < -0.4 is 5.43 Å². The number of carbonyl (C=O) groups excluding carboxylic acids is 1. The average molecular weight is 212 g/mol. The molecule has 0 radical (unpaired) electrons. The first-order valence-corrected chi connectivity index (χ1v) is 4.70. The fraction of sp³-hybridized carbons (Fsp3) is 0.0833. The van der Waals surface area contributed by atoms with Crippen LogP contribution in [-0.2, 0) is 0 Å². The fourth-order valence-corrected chi connectivity index (χ4v) is 1.61. The molecule has 0 atom stereocenters. The number of para-hydroxylation sites is 1. The number of aromatic nitrogens is 1. The maximum Gasteiger partial charge on any atom is 0.200 e. The molecule has 0 unspecified atom stereocenters. The summed E-state index contributed by atoms with van der Waals surface area (Å²) in [5, 5.41) is 9.23. The summed E-state index contributed by atoms with van der Waals surface area (Å²) >= 11 is 0. The van der Waals surface area contributed by atoms with Crippen LogP contribution >= 0.6 is 0 Å². The van der Waals surface area contributed by atoms with E-state index in [9.17, 15) is 9.59 Å². The molecule has 0 aliphatic heterocycles. The van der Waals surface area contributed by atoms with Gasteiger partial charge in [0.2, 0.25) is 0 Å². The highest BCUT2D eigenvalue weighted by Gasteiger charge is 2.10.